The van der Waals surface area contributed by atoms with Crippen molar-refractivity contribution in [2.75, 3.05) is 13.1 Å². The first kappa shape index (κ1) is 13.5. The molecule has 1 saturated carbocycles. The van der Waals surface area contributed by atoms with Crippen LogP contribution in [0.5, 0.6) is 0 Å². The Balaban J connectivity index is 1.54. The predicted molar refractivity (Wildman–Crippen MR) is 88.6 cm³/mol. The van der Waals surface area contributed by atoms with Crippen molar-refractivity contribution in [3.63, 3.8) is 0 Å². The molecule has 1 fully saturated rings. The molecule has 1 aromatic heterocycles. The monoisotopic (exact) mass is 298 g/mol. The van der Waals surface area contributed by atoms with Crippen LogP contribution in [0, 0.1) is 0 Å². The first-order chi connectivity index (χ1) is 10.3. The van der Waals surface area contributed by atoms with Crippen molar-refractivity contribution in [1.29, 1.82) is 0 Å². The van der Waals surface area contributed by atoms with Crippen molar-refractivity contribution in [1.82, 2.24) is 4.90 Å². The number of nitrogens with zero attached hydrogens (tertiary/aromatic N) is 1. The summed E-state index contributed by atoms with van der Waals surface area (Å²) in [7, 11) is 0. The quantitative estimate of drug-likeness (QED) is 0.933. The summed E-state index contributed by atoms with van der Waals surface area (Å²) in [6.45, 7) is 2.87. The zero-order valence-corrected chi connectivity index (χ0v) is 13.1. The fourth-order valence-corrected chi connectivity index (χ4v) is 4.33. The zero-order valence-electron chi connectivity index (χ0n) is 12.3. The minimum Gasteiger partial charge on any atom is -0.329 e. The normalized spacial score (nSPS) is 20.2. The van der Waals surface area contributed by atoms with Crippen LogP contribution in [-0.2, 0) is 13.0 Å². The number of fused-ring (bicyclic) bond motifs is 1. The highest BCUT2D eigenvalue weighted by Crippen LogP contribution is 2.40. The van der Waals surface area contributed by atoms with Crippen LogP contribution in [0.4, 0.5) is 0 Å². The lowest BCUT2D eigenvalue weighted by Gasteiger charge is -2.34. The van der Waals surface area contributed by atoms with Gasteiger partial charge in [0.25, 0.3) is 0 Å². The molecule has 0 radical (unpaired) electrons. The second-order valence-electron chi connectivity index (χ2n) is 6.28. The fourth-order valence-electron chi connectivity index (χ4n) is 3.44. The van der Waals surface area contributed by atoms with Gasteiger partial charge in [0.1, 0.15) is 0 Å². The van der Waals surface area contributed by atoms with Gasteiger partial charge in [0.05, 0.1) is 0 Å². The van der Waals surface area contributed by atoms with Crippen molar-refractivity contribution in [2.24, 2.45) is 5.73 Å². The van der Waals surface area contributed by atoms with Gasteiger partial charge in [-0.15, -0.1) is 11.3 Å². The van der Waals surface area contributed by atoms with Crippen molar-refractivity contribution in [2.45, 2.75) is 37.8 Å². The van der Waals surface area contributed by atoms with E-state index in [1.54, 1.807) is 4.88 Å². The lowest BCUT2D eigenvalue weighted by Crippen LogP contribution is -2.37. The molecule has 21 heavy (non-hydrogen) atoms. The van der Waals surface area contributed by atoms with Crippen molar-refractivity contribution >= 4 is 11.3 Å². The molecule has 2 heterocycles. The molecule has 0 spiro atoms. The number of rotatable bonds is 4. The Morgan fingerprint density at radius 1 is 1.19 bits per heavy atom. The van der Waals surface area contributed by atoms with Gasteiger partial charge < -0.3 is 5.73 Å². The van der Waals surface area contributed by atoms with Gasteiger partial charge in [0.15, 0.2) is 0 Å². The second-order valence-corrected chi connectivity index (χ2v) is 7.28. The number of thiophene rings is 1. The molecular formula is C18H22N2S. The van der Waals surface area contributed by atoms with Crippen molar-refractivity contribution < 1.29 is 0 Å². The van der Waals surface area contributed by atoms with E-state index in [1.165, 1.54) is 36.0 Å². The molecule has 1 aromatic carbocycles. The maximum absolute atomic E-state index is 6.10. The first-order valence-corrected chi connectivity index (χ1v) is 8.82. The third-order valence-electron chi connectivity index (χ3n) is 4.87. The van der Waals surface area contributed by atoms with Gasteiger partial charge >= 0.3 is 0 Å². The Morgan fingerprint density at radius 2 is 2.00 bits per heavy atom. The molecule has 2 N–H and O–H groups in total. The summed E-state index contributed by atoms with van der Waals surface area (Å²) >= 11 is 1.90. The summed E-state index contributed by atoms with van der Waals surface area (Å²) in [6, 6.07) is 11.9. The van der Waals surface area contributed by atoms with Gasteiger partial charge in [-0.05, 0) is 53.3 Å². The Bertz CT molecular complexity index is 612. The molecule has 0 saturated heterocycles. The number of nitrogens with two attached hydrogens (primary N) is 1. The summed E-state index contributed by atoms with van der Waals surface area (Å²) in [4.78, 5) is 4.10. The standard InChI is InChI=1S/C18H22N2S/c19-11-17(15-5-3-14(4-6-15)13-1-2-13)20-9-7-18-16(12-20)8-10-21-18/h3-6,8,10,13,17H,1-2,7,9,11-12,19H2. The Hall–Kier alpha value is -1.16. The smallest absolute Gasteiger partial charge is 0.0474 e. The van der Waals surface area contributed by atoms with Crippen molar-refractivity contribution in [3.05, 3.63) is 57.3 Å². The molecule has 1 aliphatic carbocycles. The highest BCUT2D eigenvalue weighted by atomic mass is 32.1. The number of hydrogen-bond acceptors (Lipinski definition) is 3. The van der Waals surface area contributed by atoms with E-state index in [4.69, 9.17) is 5.73 Å². The van der Waals surface area contributed by atoms with E-state index in [0.717, 1.165) is 19.0 Å². The molecule has 2 aliphatic rings. The van der Waals surface area contributed by atoms with Gasteiger partial charge in [0.2, 0.25) is 0 Å². The van der Waals surface area contributed by atoms with Crippen LogP contribution >= 0.6 is 11.3 Å². The number of hydrogen-bond donors (Lipinski definition) is 1. The summed E-state index contributed by atoms with van der Waals surface area (Å²) in [5.74, 6) is 0.832. The lowest BCUT2D eigenvalue weighted by atomic mass is 9.99. The Kier molecular flexibility index (Phi) is 3.57. The van der Waals surface area contributed by atoms with Crippen molar-refractivity contribution in [3.8, 4) is 0 Å². The third kappa shape index (κ3) is 2.66. The van der Waals surface area contributed by atoms with Gasteiger partial charge in [-0.3, -0.25) is 4.90 Å². The highest BCUT2D eigenvalue weighted by molar-refractivity contribution is 7.10. The van der Waals surface area contributed by atoms with Crippen LogP contribution in [0.1, 0.15) is 46.4 Å². The van der Waals surface area contributed by atoms with Crippen LogP contribution < -0.4 is 5.73 Å². The second kappa shape index (κ2) is 5.56. The molecule has 4 rings (SSSR count). The molecule has 110 valence electrons. The molecular weight excluding hydrogens is 276 g/mol. The lowest BCUT2D eigenvalue weighted by molar-refractivity contribution is 0.185. The van der Waals surface area contributed by atoms with E-state index in [2.05, 4.69) is 40.6 Å². The topological polar surface area (TPSA) is 29.3 Å². The third-order valence-corrected chi connectivity index (χ3v) is 5.89. The van der Waals surface area contributed by atoms with E-state index in [-0.39, 0.29) is 0 Å². The Morgan fingerprint density at radius 3 is 2.71 bits per heavy atom. The largest absolute Gasteiger partial charge is 0.329 e. The summed E-state index contributed by atoms with van der Waals surface area (Å²) < 4.78 is 0. The molecule has 1 atom stereocenters. The SMILES string of the molecule is NCC(c1ccc(C2CC2)cc1)N1CCc2sccc2C1. The summed E-state index contributed by atoms with van der Waals surface area (Å²) in [5, 5.41) is 2.22. The first-order valence-electron chi connectivity index (χ1n) is 7.94. The van der Waals surface area contributed by atoms with E-state index >= 15 is 0 Å². The maximum atomic E-state index is 6.10. The van der Waals surface area contributed by atoms with Gasteiger partial charge in [-0.1, -0.05) is 24.3 Å². The summed E-state index contributed by atoms with van der Waals surface area (Å²) in [6.07, 6.45) is 3.91. The van der Waals surface area contributed by atoms with E-state index in [0.29, 0.717) is 12.6 Å². The Labute approximate surface area is 130 Å². The maximum Gasteiger partial charge on any atom is 0.0474 e. The number of benzene rings is 1. The average molecular weight is 298 g/mol. The predicted octanol–water partition coefficient (Wildman–Crippen LogP) is 3.68. The molecule has 0 bridgehead atoms. The van der Waals surface area contributed by atoms with E-state index in [1.807, 2.05) is 11.3 Å². The van der Waals surface area contributed by atoms with Gasteiger partial charge in [-0.25, -0.2) is 0 Å². The van der Waals surface area contributed by atoms with Crippen LogP contribution in [-0.4, -0.2) is 18.0 Å². The van der Waals surface area contributed by atoms with Crippen LogP contribution in [0.25, 0.3) is 0 Å². The minimum atomic E-state index is 0.353. The average Bonchev–Trinajstić information content (AvgIpc) is 3.27. The highest BCUT2D eigenvalue weighted by Gasteiger charge is 2.26. The fraction of sp³-hybridized carbons (Fsp3) is 0.444. The van der Waals surface area contributed by atoms with Crippen LogP contribution in [0.15, 0.2) is 35.7 Å². The molecule has 3 heteroatoms. The molecule has 0 amide bonds. The summed E-state index contributed by atoms with van der Waals surface area (Å²) in [5.41, 5.74) is 10.5. The molecule has 1 unspecified atom stereocenters. The van der Waals surface area contributed by atoms with E-state index < -0.39 is 0 Å². The molecule has 2 nitrogen and oxygen atoms in total. The van der Waals surface area contributed by atoms with Gasteiger partial charge in [-0.2, -0.15) is 0 Å². The molecule has 2 aromatic rings. The van der Waals surface area contributed by atoms with E-state index in [9.17, 15) is 0 Å². The van der Waals surface area contributed by atoms with Crippen LogP contribution in [0.3, 0.4) is 0 Å². The van der Waals surface area contributed by atoms with Gasteiger partial charge in [0, 0.05) is 30.6 Å². The zero-order chi connectivity index (χ0) is 14.2. The minimum absolute atomic E-state index is 0.353. The van der Waals surface area contributed by atoms with Crippen LogP contribution in [0.2, 0.25) is 0 Å². The molecule has 1 aliphatic heterocycles.